The maximum atomic E-state index is 13.1. The SMILES string of the molecule is CN(C)Cc1nccn1-c1cccc(CC(=O)c2cccc(C#CC3CCCCCNC3)c2)c1. The van der Waals surface area contributed by atoms with E-state index in [-0.39, 0.29) is 5.78 Å². The van der Waals surface area contributed by atoms with Gasteiger partial charge in [0.05, 0.1) is 6.54 Å². The lowest BCUT2D eigenvalue weighted by Crippen LogP contribution is -2.25. The first-order valence-corrected chi connectivity index (χ1v) is 12.2. The topological polar surface area (TPSA) is 50.2 Å². The van der Waals surface area contributed by atoms with E-state index in [9.17, 15) is 4.79 Å². The second-order valence-corrected chi connectivity index (χ2v) is 9.32. The Morgan fingerprint density at radius 1 is 1.15 bits per heavy atom. The lowest BCUT2D eigenvalue weighted by molar-refractivity contribution is 0.0993. The molecule has 0 amide bonds. The number of benzene rings is 2. The van der Waals surface area contributed by atoms with E-state index in [1.807, 2.05) is 62.9 Å². The number of aromatic nitrogens is 2. The lowest BCUT2D eigenvalue weighted by atomic mass is 9.98. The molecule has 1 atom stereocenters. The van der Waals surface area contributed by atoms with Crippen molar-refractivity contribution in [1.29, 1.82) is 0 Å². The highest BCUT2D eigenvalue weighted by molar-refractivity contribution is 5.97. The molecule has 1 fully saturated rings. The van der Waals surface area contributed by atoms with Crippen molar-refractivity contribution in [3.8, 4) is 17.5 Å². The molecule has 176 valence electrons. The summed E-state index contributed by atoms with van der Waals surface area (Å²) in [6.07, 6.45) is 9.05. The van der Waals surface area contributed by atoms with Crippen LogP contribution in [0.5, 0.6) is 0 Å². The Bertz CT molecular complexity index is 1160. The molecule has 0 aliphatic carbocycles. The molecule has 0 bridgehead atoms. The summed E-state index contributed by atoms with van der Waals surface area (Å²) >= 11 is 0. The first-order chi connectivity index (χ1) is 16.6. The molecular weight excluding hydrogens is 420 g/mol. The number of carbonyl (C=O) groups excluding carboxylic acids is 1. The maximum Gasteiger partial charge on any atom is 0.167 e. The van der Waals surface area contributed by atoms with Gasteiger partial charge in [0.1, 0.15) is 5.82 Å². The van der Waals surface area contributed by atoms with Crippen molar-refractivity contribution >= 4 is 5.78 Å². The van der Waals surface area contributed by atoms with Gasteiger partial charge in [0, 0.05) is 48.1 Å². The summed E-state index contributed by atoms with van der Waals surface area (Å²) in [5, 5.41) is 3.49. The number of Topliss-reactive ketones (excluding diaryl/α,β-unsaturated/α-hetero) is 1. The van der Waals surface area contributed by atoms with Crippen molar-refractivity contribution in [1.82, 2.24) is 19.8 Å². The summed E-state index contributed by atoms with van der Waals surface area (Å²) in [4.78, 5) is 19.7. The monoisotopic (exact) mass is 454 g/mol. The fourth-order valence-electron chi connectivity index (χ4n) is 4.35. The molecule has 0 radical (unpaired) electrons. The van der Waals surface area contributed by atoms with Gasteiger partial charge in [-0.05, 0) is 63.3 Å². The largest absolute Gasteiger partial charge is 0.316 e. The molecular formula is C29H34N4O. The van der Waals surface area contributed by atoms with Crippen LogP contribution in [0.3, 0.4) is 0 Å². The number of carbonyl (C=O) groups is 1. The smallest absolute Gasteiger partial charge is 0.167 e. The van der Waals surface area contributed by atoms with Crippen molar-refractivity contribution in [3.63, 3.8) is 0 Å². The van der Waals surface area contributed by atoms with Gasteiger partial charge in [-0.2, -0.15) is 0 Å². The molecule has 2 heterocycles. The molecule has 5 heteroatoms. The van der Waals surface area contributed by atoms with Crippen molar-refractivity contribution in [2.24, 2.45) is 5.92 Å². The minimum absolute atomic E-state index is 0.104. The third kappa shape index (κ3) is 6.66. The van der Waals surface area contributed by atoms with Gasteiger partial charge in [-0.1, -0.05) is 48.9 Å². The zero-order chi connectivity index (χ0) is 23.8. The average Bonchev–Trinajstić information content (AvgIpc) is 3.26. The van der Waals surface area contributed by atoms with Crippen molar-refractivity contribution in [2.75, 3.05) is 27.2 Å². The summed E-state index contributed by atoms with van der Waals surface area (Å²) in [7, 11) is 4.06. The summed E-state index contributed by atoms with van der Waals surface area (Å²) in [5.74, 6) is 8.20. The van der Waals surface area contributed by atoms with Crippen molar-refractivity contribution < 1.29 is 4.79 Å². The first-order valence-electron chi connectivity index (χ1n) is 12.2. The summed E-state index contributed by atoms with van der Waals surface area (Å²) < 4.78 is 2.08. The molecule has 3 aromatic rings. The lowest BCUT2D eigenvalue weighted by Gasteiger charge is -2.15. The van der Waals surface area contributed by atoms with Gasteiger partial charge in [-0.15, -0.1) is 0 Å². The number of rotatable bonds is 6. The van der Waals surface area contributed by atoms with Gasteiger partial charge in [-0.25, -0.2) is 4.98 Å². The molecule has 4 rings (SSSR count). The van der Waals surface area contributed by atoms with Crippen LogP contribution in [0.2, 0.25) is 0 Å². The average molecular weight is 455 g/mol. The van der Waals surface area contributed by atoms with Gasteiger partial charge in [0.25, 0.3) is 0 Å². The Hall–Kier alpha value is -3.20. The normalized spacial score (nSPS) is 16.4. The molecule has 1 N–H and O–H groups in total. The number of ketones is 1. The molecule has 1 saturated heterocycles. The molecule has 1 aromatic heterocycles. The molecule has 1 aliphatic heterocycles. The van der Waals surface area contributed by atoms with Crippen LogP contribution in [0.25, 0.3) is 5.69 Å². The molecule has 34 heavy (non-hydrogen) atoms. The minimum atomic E-state index is 0.104. The van der Waals surface area contributed by atoms with Gasteiger partial charge >= 0.3 is 0 Å². The molecule has 0 spiro atoms. The van der Waals surface area contributed by atoms with E-state index in [1.54, 1.807) is 0 Å². The van der Waals surface area contributed by atoms with Crippen molar-refractivity contribution in [3.05, 3.63) is 83.4 Å². The Labute approximate surface area is 203 Å². The van der Waals surface area contributed by atoms with E-state index in [0.717, 1.165) is 48.7 Å². The number of hydrogen-bond donors (Lipinski definition) is 1. The van der Waals surface area contributed by atoms with Crippen LogP contribution in [-0.4, -0.2) is 47.4 Å². The third-order valence-corrected chi connectivity index (χ3v) is 6.13. The van der Waals surface area contributed by atoms with E-state index >= 15 is 0 Å². The van der Waals surface area contributed by atoms with E-state index < -0.39 is 0 Å². The third-order valence-electron chi connectivity index (χ3n) is 6.13. The Morgan fingerprint density at radius 2 is 2.03 bits per heavy atom. The highest BCUT2D eigenvalue weighted by Gasteiger charge is 2.11. The fourth-order valence-corrected chi connectivity index (χ4v) is 4.35. The second-order valence-electron chi connectivity index (χ2n) is 9.32. The molecule has 2 aromatic carbocycles. The second kappa shape index (κ2) is 11.8. The number of imidazole rings is 1. The number of nitrogens with one attached hydrogen (secondary N) is 1. The van der Waals surface area contributed by atoms with E-state index in [0.29, 0.717) is 17.9 Å². The zero-order valence-electron chi connectivity index (χ0n) is 20.3. The highest BCUT2D eigenvalue weighted by Crippen LogP contribution is 2.17. The quantitative estimate of drug-likeness (QED) is 0.440. The minimum Gasteiger partial charge on any atom is -0.316 e. The van der Waals surface area contributed by atoms with Gasteiger partial charge in [0.2, 0.25) is 0 Å². The molecule has 5 nitrogen and oxygen atoms in total. The first kappa shape index (κ1) is 23.9. The molecule has 1 unspecified atom stereocenters. The van der Waals surface area contributed by atoms with Crippen LogP contribution in [0, 0.1) is 17.8 Å². The Morgan fingerprint density at radius 3 is 2.91 bits per heavy atom. The van der Waals surface area contributed by atoms with Crippen LogP contribution in [0.1, 0.15) is 53.0 Å². The van der Waals surface area contributed by atoms with Gasteiger partial charge in [-0.3, -0.25) is 4.79 Å². The van der Waals surface area contributed by atoms with E-state index in [2.05, 4.69) is 43.7 Å². The predicted octanol–water partition coefficient (Wildman–Crippen LogP) is 4.49. The highest BCUT2D eigenvalue weighted by atomic mass is 16.1. The van der Waals surface area contributed by atoms with Crippen LogP contribution in [0.15, 0.2) is 60.9 Å². The van der Waals surface area contributed by atoms with Gasteiger partial charge < -0.3 is 14.8 Å². The Balaban J connectivity index is 1.45. The summed E-state index contributed by atoms with van der Waals surface area (Å²) in [6.45, 7) is 2.79. The molecule has 1 aliphatic rings. The molecule has 0 saturated carbocycles. The van der Waals surface area contributed by atoms with E-state index in [1.165, 1.54) is 19.3 Å². The standard InChI is InChI=1S/C29H34N4O/c1-32(2)22-29-31-16-17-33(29)27-12-7-10-25(19-27)20-28(34)26-11-6-9-23(18-26)13-14-24-8-4-3-5-15-30-21-24/h6-7,9-12,16-19,24,30H,3-5,8,15,20-22H2,1-2H3. The summed E-state index contributed by atoms with van der Waals surface area (Å²) in [6, 6.07) is 15.9. The number of nitrogens with zero attached hydrogens (tertiary/aromatic N) is 3. The maximum absolute atomic E-state index is 13.1. The van der Waals surface area contributed by atoms with Crippen LogP contribution >= 0.6 is 0 Å². The van der Waals surface area contributed by atoms with E-state index in [4.69, 9.17) is 0 Å². The fraction of sp³-hybridized carbons (Fsp3) is 0.379. The van der Waals surface area contributed by atoms with Crippen molar-refractivity contribution in [2.45, 2.75) is 38.6 Å². The van der Waals surface area contributed by atoms with Crippen LogP contribution in [0.4, 0.5) is 0 Å². The zero-order valence-corrected chi connectivity index (χ0v) is 20.3. The summed E-state index contributed by atoms with van der Waals surface area (Å²) in [5.41, 5.74) is 3.63. The van der Waals surface area contributed by atoms with Gasteiger partial charge in [0.15, 0.2) is 5.78 Å². The van der Waals surface area contributed by atoms with Crippen LogP contribution in [-0.2, 0) is 13.0 Å². The van der Waals surface area contributed by atoms with Crippen LogP contribution < -0.4 is 5.32 Å². The number of hydrogen-bond acceptors (Lipinski definition) is 4. The predicted molar refractivity (Wildman–Crippen MR) is 137 cm³/mol. The Kier molecular flexibility index (Phi) is 8.30.